The van der Waals surface area contributed by atoms with Gasteiger partial charge in [0.1, 0.15) is 0 Å². The molecule has 1 saturated heterocycles. The Kier molecular flexibility index (Phi) is 7.20. The number of nitrogens with one attached hydrogen (secondary N) is 2. The largest absolute Gasteiger partial charge is 0.389 e. The smallest absolute Gasteiger partial charge is 0.363 e. The summed E-state index contributed by atoms with van der Waals surface area (Å²) in [6.45, 7) is 2.51. The van der Waals surface area contributed by atoms with Crippen LogP contribution in [0.1, 0.15) is 32.1 Å². The summed E-state index contributed by atoms with van der Waals surface area (Å²) in [6.07, 6.45) is -2.11. The highest BCUT2D eigenvalue weighted by atomic mass is 32.1. The number of aliphatic imine (C=N–C) groups is 1. The summed E-state index contributed by atoms with van der Waals surface area (Å²) in [7, 11) is 1.69. The van der Waals surface area contributed by atoms with E-state index in [1.807, 2.05) is 0 Å². The van der Waals surface area contributed by atoms with Crippen molar-refractivity contribution in [1.29, 1.82) is 0 Å². The van der Waals surface area contributed by atoms with Crippen LogP contribution in [-0.2, 0) is 0 Å². The van der Waals surface area contributed by atoms with Crippen molar-refractivity contribution in [2.24, 2.45) is 4.99 Å². The first-order valence-electron chi connectivity index (χ1n) is 8.30. The van der Waals surface area contributed by atoms with E-state index in [4.69, 9.17) is 0 Å². The molecule has 8 heteroatoms. The van der Waals surface area contributed by atoms with Gasteiger partial charge >= 0.3 is 6.18 Å². The minimum atomic E-state index is -4.06. The van der Waals surface area contributed by atoms with E-state index in [0.29, 0.717) is 25.0 Å². The van der Waals surface area contributed by atoms with Gasteiger partial charge in [0.25, 0.3) is 0 Å². The van der Waals surface area contributed by atoms with Gasteiger partial charge in [-0.3, -0.25) is 4.99 Å². The third-order valence-electron chi connectivity index (χ3n) is 4.06. The van der Waals surface area contributed by atoms with Crippen molar-refractivity contribution in [2.45, 2.75) is 44.3 Å². The molecule has 1 aromatic rings. The van der Waals surface area contributed by atoms with Crippen molar-refractivity contribution in [3.8, 4) is 0 Å². The monoisotopic (exact) mass is 362 g/mol. The summed E-state index contributed by atoms with van der Waals surface area (Å²) in [5, 5.41) is 9.87. The maximum atomic E-state index is 12.1. The van der Waals surface area contributed by atoms with Crippen molar-refractivity contribution in [3.63, 3.8) is 0 Å². The molecule has 0 saturated carbocycles. The van der Waals surface area contributed by atoms with Crippen LogP contribution < -0.4 is 15.5 Å². The molecule has 0 amide bonds. The van der Waals surface area contributed by atoms with Gasteiger partial charge in [0, 0.05) is 39.1 Å². The minimum Gasteiger partial charge on any atom is -0.363 e. The van der Waals surface area contributed by atoms with Gasteiger partial charge in [0.15, 0.2) is 5.96 Å². The Labute approximate surface area is 145 Å². The van der Waals surface area contributed by atoms with E-state index < -0.39 is 12.6 Å². The Balaban J connectivity index is 1.63. The third kappa shape index (κ3) is 6.59. The number of unbranched alkanes of at least 4 members (excludes halogenated alkanes) is 1. The molecule has 0 spiro atoms. The van der Waals surface area contributed by atoms with E-state index in [1.165, 1.54) is 5.00 Å². The Morgan fingerprint density at radius 2 is 2.08 bits per heavy atom. The number of nitrogens with zero attached hydrogens (tertiary/aromatic N) is 2. The van der Waals surface area contributed by atoms with Gasteiger partial charge in [-0.25, -0.2) is 0 Å². The molecule has 1 aliphatic rings. The highest BCUT2D eigenvalue weighted by Crippen LogP contribution is 2.25. The van der Waals surface area contributed by atoms with Gasteiger partial charge in [-0.2, -0.15) is 13.2 Å². The molecule has 1 fully saturated rings. The summed E-state index contributed by atoms with van der Waals surface area (Å²) in [5.41, 5.74) is 0. The highest BCUT2D eigenvalue weighted by molar-refractivity contribution is 7.14. The molecule has 1 aromatic heterocycles. The number of halogens is 3. The standard InChI is InChI=1S/C16H25F3N4S/c1-20-15(21-9-3-2-8-16(17,18)19)22-13-6-10-23(11-7-13)14-5-4-12-24-14/h4-5,12-13H,2-3,6-11H2,1H3,(H2,20,21,22). The summed E-state index contributed by atoms with van der Waals surface area (Å²) in [5.74, 6) is 0.677. The zero-order valence-corrected chi connectivity index (χ0v) is 14.7. The van der Waals surface area contributed by atoms with Crippen LogP contribution in [0.4, 0.5) is 18.2 Å². The van der Waals surface area contributed by atoms with E-state index >= 15 is 0 Å². The first kappa shape index (κ1) is 18.9. The van der Waals surface area contributed by atoms with Crippen molar-refractivity contribution < 1.29 is 13.2 Å². The molecule has 0 unspecified atom stereocenters. The molecule has 136 valence electrons. The Hall–Kier alpha value is -1.44. The van der Waals surface area contributed by atoms with Gasteiger partial charge in [-0.05, 0) is 43.2 Å². The van der Waals surface area contributed by atoms with Gasteiger partial charge in [-0.15, -0.1) is 11.3 Å². The van der Waals surface area contributed by atoms with Crippen molar-refractivity contribution >= 4 is 22.3 Å². The lowest BCUT2D eigenvalue weighted by Crippen LogP contribution is -2.48. The predicted molar refractivity (Wildman–Crippen MR) is 94.0 cm³/mol. The number of anilines is 1. The average molecular weight is 362 g/mol. The zero-order chi connectivity index (χ0) is 17.4. The van der Waals surface area contributed by atoms with Crippen LogP contribution >= 0.6 is 11.3 Å². The summed E-state index contributed by atoms with van der Waals surface area (Å²) >= 11 is 1.76. The normalized spacial score (nSPS) is 17.2. The fourth-order valence-corrected chi connectivity index (χ4v) is 3.52. The second-order valence-electron chi connectivity index (χ2n) is 5.93. The molecule has 0 aliphatic carbocycles. The molecular formula is C16H25F3N4S. The lowest BCUT2D eigenvalue weighted by atomic mass is 10.1. The number of hydrogen-bond donors (Lipinski definition) is 2. The second kappa shape index (κ2) is 9.15. The average Bonchev–Trinajstić information content (AvgIpc) is 3.07. The van der Waals surface area contributed by atoms with Gasteiger partial charge in [0.05, 0.1) is 5.00 Å². The first-order chi connectivity index (χ1) is 11.5. The van der Waals surface area contributed by atoms with Gasteiger partial charge in [-0.1, -0.05) is 0 Å². The number of thiophene rings is 1. The SMILES string of the molecule is CN=C(NCCCCC(F)(F)F)NC1CCN(c2cccs2)CC1. The van der Waals surface area contributed by atoms with E-state index in [-0.39, 0.29) is 6.42 Å². The summed E-state index contributed by atoms with van der Waals surface area (Å²) in [6, 6.07) is 4.55. The van der Waals surface area contributed by atoms with E-state index in [9.17, 15) is 13.2 Å². The first-order valence-corrected chi connectivity index (χ1v) is 9.18. The van der Waals surface area contributed by atoms with Gasteiger partial charge in [0.2, 0.25) is 0 Å². The van der Waals surface area contributed by atoms with Crippen LogP contribution in [0.25, 0.3) is 0 Å². The van der Waals surface area contributed by atoms with Crippen molar-refractivity contribution in [1.82, 2.24) is 10.6 Å². The highest BCUT2D eigenvalue weighted by Gasteiger charge is 2.25. The number of guanidine groups is 1. The van der Waals surface area contributed by atoms with Crippen LogP contribution in [0.15, 0.2) is 22.5 Å². The molecular weight excluding hydrogens is 337 g/mol. The number of rotatable bonds is 6. The molecule has 2 heterocycles. The number of alkyl halides is 3. The predicted octanol–water partition coefficient (Wildman–Crippen LogP) is 3.61. The molecule has 0 aromatic carbocycles. The van der Waals surface area contributed by atoms with Crippen LogP contribution in [0.3, 0.4) is 0 Å². The summed E-state index contributed by atoms with van der Waals surface area (Å²) < 4.78 is 36.3. The molecule has 24 heavy (non-hydrogen) atoms. The molecule has 4 nitrogen and oxygen atoms in total. The number of piperidine rings is 1. The minimum absolute atomic E-state index is 0.146. The topological polar surface area (TPSA) is 39.7 Å². The van der Waals surface area contributed by atoms with Gasteiger partial charge < -0.3 is 15.5 Å². The Morgan fingerprint density at radius 3 is 2.67 bits per heavy atom. The Bertz CT molecular complexity index is 494. The van der Waals surface area contributed by atoms with E-state index in [1.54, 1.807) is 18.4 Å². The third-order valence-corrected chi connectivity index (χ3v) is 4.99. The van der Waals surface area contributed by atoms with Crippen LogP contribution in [0.2, 0.25) is 0 Å². The molecule has 2 rings (SSSR count). The van der Waals surface area contributed by atoms with Crippen LogP contribution in [0.5, 0.6) is 0 Å². The van der Waals surface area contributed by atoms with Crippen LogP contribution in [-0.4, -0.2) is 44.9 Å². The molecule has 0 atom stereocenters. The fraction of sp³-hybridized carbons (Fsp3) is 0.688. The Morgan fingerprint density at radius 1 is 1.33 bits per heavy atom. The lowest BCUT2D eigenvalue weighted by Gasteiger charge is -2.33. The van der Waals surface area contributed by atoms with Crippen LogP contribution in [0, 0.1) is 0 Å². The summed E-state index contributed by atoms with van der Waals surface area (Å²) in [4.78, 5) is 6.54. The molecule has 0 radical (unpaired) electrons. The van der Waals surface area contributed by atoms with Crippen molar-refractivity contribution in [2.75, 3.05) is 31.6 Å². The fourth-order valence-electron chi connectivity index (χ4n) is 2.74. The van der Waals surface area contributed by atoms with E-state index in [2.05, 4.69) is 38.0 Å². The molecule has 1 aliphatic heterocycles. The maximum Gasteiger partial charge on any atom is 0.389 e. The zero-order valence-electron chi connectivity index (χ0n) is 13.9. The quantitative estimate of drug-likeness (QED) is 0.461. The lowest BCUT2D eigenvalue weighted by molar-refractivity contribution is -0.135. The van der Waals surface area contributed by atoms with Crippen molar-refractivity contribution in [3.05, 3.63) is 17.5 Å². The number of hydrogen-bond acceptors (Lipinski definition) is 3. The molecule has 0 bridgehead atoms. The second-order valence-corrected chi connectivity index (χ2v) is 6.85. The maximum absolute atomic E-state index is 12.1. The van der Waals surface area contributed by atoms with E-state index in [0.717, 1.165) is 25.9 Å². The molecule has 2 N–H and O–H groups in total.